The summed E-state index contributed by atoms with van der Waals surface area (Å²) in [5.74, 6) is 0.307. The number of aromatic hydroxyl groups is 1. The molecule has 10 nitrogen and oxygen atoms in total. The number of rotatable bonds is 9. The molecule has 0 aromatic heterocycles. The number of hydrogen-bond acceptors (Lipinski definition) is 10. The van der Waals surface area contributed by atoms with Crippen molar-refractivity contribution in [1.29, 1.82) is 5.26 Å². The first-order chi connectivity index (χ1) is 11.4. The van der Waals surface area contributed by atoms with Crippen molar-refractivity contribution in [3.05, 3.63) is 23.3 Å². The number of nitriles is 1. The molecule has 1 unspecified atom stereocenters. The molecule has 1 aromatic carbocycles. The van der Waals surface area contributed by atoms with Crippen molar-refractivity contribution in [2.45, 2.75) is 24.7 Å². The molecule has 1 aliphatic carbocycles. The summed E-state index contributed by atoms with van der Waals surface area (Å²) in [5.41, 5.74) is 0.880. The second kappa shape index (κ2) is 7.57. The molecule has 0 spiro atoms. The second-order valence-corrected chi connectivity index (χ2v) is 6.83. The van der Waals surface area contributed by atoms with E-state index in [9.17, 15) is 20.2 Å². The monoisotopic (exact) mass is 363 g/mol. The van der Waals surface area contributed by atoms with Gasteiger partial charge in [-0.15, -0.1) is 0 Å². The molecule has 1 atom stereocenters. The maximum atomic E-state index is 9.73. The van der Waals surface area contributed by atoms with Gasteiger partial charge in [0.05, 0.1) is 0 Å². The molecule has 0 radical (unpaired) electrons. The summed E-state index contributed by atoms with van der Waals surface area (Å²) >= 11 is 0. The van der Waals surface area contributed by atoms with Crippen molar-refractivity contribution in [2.75, 3.05) is 13.7 Å². The van der Waals surface area contributed by atoms with E-state index in [1.165, 1.54) is 7.11 Å². The average molecular weight is 363 g/mol. The molecular weight excluding hydrogens is 345 g/mol. The molecule has 0 saturated heterocycles. The number of phenolic OH excluding ortho intramolecular Hbond substituents is 1. The van der Waals surface area contributed by atoms with Crippen LogP contribution in [0.1, 0.15) is 24.0 Å². The van der Waals surface area contributed by atoms with Crippen molar-refractivity contribution < 1.29 is 44.2 Å². The van der Waals surface area contributed by atoms with E-state index in [0.717, 1.165) is 11.1 Å². The van der Waals surface area contributed by atoms with Crippen LogP contribution in [0.2, 0.25) is 0 Å². The van der Waals surface area contributed by atoms with Gasteiger partial charge in [0.2, 0.25) is 0 Å². The normalized spacial score (nSPS) is 20.0. The van der Waals surface area contributed by atoms with Crippen LogP contribution in [0.4, 0.5) is 0 Å². The Labute approximate surface area is 137 Å². The number of methoxy groups -OCH3 is 1. The Bertz CT molecular complexity index is 633. The van der Waals surface area contributed by atoms with Gasteiger partial charge < -0.3 is 0 Å². The maximum absolute atomic E-state index is 9.73. The van der Waals surface area contributed by atoms with Crippen molar-refractivity contribution >= 4 is 8.17 Å². The van der Waals surface area contributed by atoms with Crippen LogP contribution in [-0.2, 0) is 31.1 Å². The zero-order valence-corrected chi connectivity index (χ0v) is 13.8. The fourth-order valence-electron chi connectivity index (χ4n) is 2.72. The number of hydrogen-bond donors (Lipinski definition) is 4. The topological polar surface area (TPSA) is 151 Å². The molecule has 1 aromatic rings. The second-order valence-electron chi connectivity index (χ2n) is 5.28. The number of ether oxygens (including phenoxy) is 1. The van der Waals surface area contributed by atoms with Gasteiger partial charge in [0.15, 0.2) is 0 Å². The molecule has 0 fully saturated rings. The Morgan fingerprint density at radius 2 is 2.12 bits per heavy atom. The predicted molar refractivity (Wildman–Crippen MR) is 79.5 cm³/mol. The molecule has 4 N–H and O–H groups in total. The quantitative estimate of drug-likeness (QED) is 0.218. The molecule has 0 saturated carbocycles. The molecule has 134 valence electrons. The molecule has 0 bridgehead atoms. The summed E-state index contributed by atoms with van der Waals surface area (Å²) < 4.78 is 13.7. The molecule has 11 heteroatoms. The van der Waals surface area contributed by atoms with Gasteiger partial charge in [0, 0.05) is 0 Å². The van der Waals surface area contributed by atoms with Gasteiger partial charge in [-0.2, -0.15) is 0 Å². The summed E-state index contributed by atoms with van der Waals surface area (Å²) in [6, 6.07) is 5.46. The Morgan fingerprint density at radius 3 is 2.75 bits per heavy atom. The third-order valence-electron chi connectivity index (χ3n) is 3.84. The standard InChI is InChI=1S/C13H18NO9P/c1-19-12-6-10-9(5-11(12)15)7-13(10,8-14)3-2-4-20-24(17,18)23-22-21-16/h5-6,15-18,24H,2-4,7H2,1H3. The van der Waals surface area contributed by atoms with Crippen LogP contribution in [0.5, 0.6) is 11.5 Å². The van der Waals surface area contributed by atoms with E-state index in [2.05, 4.69) is 20.8 Å². The van der Waals surface area contributed by atoms with Gasteiger partial charge in [-0.25, -0.2) is 0 Å². The molecular formula is C13H18NO9P. The van der Waals surface area contributed by atoms with Gasteiger partial charge in [-0.3, -0.25) is 0 Å². The number of fused-ring (bicyclic) bond motifs is 1. The number of phenols is 1. The first kappa shape index (κ1) is 18.8. The summed E-state index contributed by atoms with van der Waals surface area (Å²) in [4.78, 5) is 18.6. The summed E-state index contributed by atoms with van der Waals surface area (Å²) in [5, 5.41) is 33.7. The molecule has 0 heterocycles. The third-order valence-corrected chi connectivity index (χ3v) is 4.70. The minimum absolute atomic E-state index is 0.0192. The van der Waals surface area contributed by atoms with E-state index in [1.54, 1.807) is 12.1 Å². The predicted octanol–water partition coefficient (Wildman–Crippen LogP) is 1.26. The van der Waals surface area contributed by atoms with Crippen LogP contribution in [0.15, 0.2) is 12.1 Å². The molecule has 2 rings (SSSR count). The molecule has 0 aliphatic heterocycles. The van der Waals surface area contributed by atoms with Gasteiger partial charge in [0.25, 0.3) is 0 Å². The van der Waals surface area contributed by atoms with E-state index < -0.39 is 13.6 Å². The Morgan fingerprint density at radius 1 is 1.38 bits per heavy atom. The van der Waals surface area contributed by atoms with Crippen LogP contribution < -0.4 is 4.74 Å². The Kier molecular flexibility index (Phi) is 5.92. The summed E-state index contributed by atoms with van der Waals surface area (Å²) in [6.07, 6.45) is 1.19. The third kappa shape index (κ3) is 3.92. The fraction of sp³-hybridized carbons (Fsp3) is 0.462. The van der Waals surface area contributed by atoms with Crippen LogP contribution >= 0.6 is 8.17 Å². The van der Waals surface area contributed by atoms with Gasteiger partial charge >= 0.3 is 137 Å². The van der Waals surface area contributed by atoms with E-state index in [1.807, 2.05) is 0 Å². The minimum atomic E-state index is -4.56. The van der Waals surface area contributed by atoms with Crippen molar-refractivity contribution in [2.24, 2.45) is 0 Å². The van der Waals surface area contributed by atoms with Crippen LogP contribution in [0.3, 0.4) is 0 Å². The van der Waals surface area contributed by atoms with Gasteiger partial charge in [-0.1, -0.05) is 0 Å². The Hall–Kier alpha value is -1.54. The van der Waals surface area contributed by atoms with Crippen LogP contribution in [0, 0.1) is 11.3 Å². The van der Waals surface area contributed by atoms with E-state index in [4.69, 9.17) is 14.5 Å². The fourth-order valence-corrected chi connectivity index (χ4v) is 3.30. The number of nitrogens with zero attached hydrogens (tertiary/aromatic N) is 1. The number of benzene rings is 1. The Balaban J connectivity index is 1.93. The zero-order chi connectivity index (χ0) is 17.8. The molecule has 1 aliphatic rings. The molecule has 24 heavy (non-hydrogen) atoms. The van der Waals surface area contributed by atoms with Crippen molar-refractivity contribution in [3.63, 3.8) is 0 Å². The zero-order valence-electron chi connectivity index (χ0n) is 12.8. The van der Waals surface area contributed by atoms with Crippen LogP contribution in [-0.4, -0.2) is 33.9 Å². The van der Waals surface area contributed by atoms with Gasteiger partial charge in [-0.05, 0) is 0 Å². The van der Waals surface area contributed by atoms with Crippen molar-refractivity contribution in [3.8, 4) is 17.6 Å². The van der Waals surface area contributed by atoms with E-state index >= 15 is 0 Å². The van der Waals surface area contributed by atoms with E-state index in [-0.39, 0.29) is 18.1 Å². The first-order valence-corrected chi connectivity index (χ1v) is 8.65. The van der Waals surface area contributed by atoms with Crippen molar-refractivity contribution in [1.82, 2.24) is 0 Å². The summed E-state index contributed by atoms with van der Waals surface area (Å²) in [7, 11) is -3.14. The van der Waals surface area contributed by atoms with E-state index in [0.29, 0.717) is 19.3 Å². The average Bonchev–Trinajstić information content (AvgIpc) is 2.54. The molecule has 0 amide bonds. The van der Waals surface area contributed by atoms with Gasteiger partial charge in [0.1, 0.15) is 0 Å². The first-order valence-electron chi connectivity index (χ1n) is 6.93. The SMILES string of the molecule is COc1cc2c(cc1O)CC2(C#N)CCCO[PH](O)(O)OOOO. The van der Waals surface area contributed by atoms with Crippen LogP contribution in [0.25, 0.3) is 0 Å². The summed E-state index contributed by atoms with van der Waals surface area (Å²) in [6.45, 7) is -0.109.